The highest BCUT2D eigenvalue weighted by Gasteiger charge is 2.45. The van der Waals surface area contributed by atoms with Gasteiger partial charge < -0.3 is 10.4 Å². The van der Waals surface area contributed by atoms with Gasteiger partial charge in [-0.2, -0.15) is 0 Å². The second-order valence-electron chi connectivity index (χ2n) is 5.69. The summed E-state index contributed by atoms with van der Waals surface area (Å²) in [6.45, 7) is 0.924. The molecule has 0 bridgehead atoms. The van der Waals surface area contributed by atoms with Crippen LogP contribution in [0.3, 0.4) is 0 Å². The van der Waals surface area contributed by atoms with Crippen molar-refractivity contribution in [3.63, 3.8) is 0 Å². The summed E-state index contributed by atoms with van der Waals surface area (Å²) in [5, 5.41) is 14.4. The molecule has 0 radical (unpaired) electrons. The fourth-order valence-electron chi connectivity index (χ4n) is 3.64. The van der Waals surface area contributed by atoms with Crippen LogP contribution in [0.25, 0.3) is 0 Å². The lowest BCUT2D eigenvalue weighted by molar-refractivity contribution is -0.0861. The number of benzene rings is 1. The van der Waals surface area contributed by atoms with Crippen molar-refractivity contribution in [2.75, 3.05) is 6.54 Å². The van der Waals surface area contributed by atoms with Crippen LogP contribution < -0.4 is 5.32 Å². The average Bonchev–Trinajstić information content (AvgIpc) is 2.38. The fourth-order valence-corrected chi connectivity index (χ4v) is 3.91. The molecular weight excluding hydrogens is 290 g/mol. The monoisotopic (exact) mass is 309 g/mol. The molecule has 0 aromatic heterocycles. The van der Waals surface area contributed by atoms with E-state index in [9.17, 15) is 5.11 Å². The highest BCUT2D eigenvalue weighted by Crippen LogP contribution is 2.45. The second kappa shape index (κ2) is 4.95. The van der Waals surface area contributed by atoms with E-state index >= 15 is 0 Å². The largest absolute Gasteiger partial charge is 0.389 e. The minimum Gasteiger partial charge on any atom is -0.389 e. The van der Waals surface area contributed by atoms with Crippen molar-refractivity contribution in [1.29, 1.82) is 0 Å². The molecule has 3 rings (SSSR count). The molecule has 1 saturated heterocycles. The summed E-state index contributed by atoms with van der Waals surface area (Å²) < 4.78 is 1.11. The topological polar surface area (TPSA) is 32.3 Å². The average molecular weight is 310 g/mol. The third-order valence-corrected chi connectivity index (χ3v) is 5.15. The molecule has 18 heavy (non-hydrogen) atoms. The molecule has 2 aliphatic rings. The number of hydrogen-bond acceptors (Lipinski definition) is 2. The molecule has 0 amide bonds. The van der Waals surface area contributed by atoms with Crippen molar-refractivity contribution in [2.45, 2.75) is 43.7 Å². The number of hydrogen-bond donors (Lipinski definition) is 2. The van der Waals surface area contributed by atoms with Crippen LogP contribution in [0, 0.1) is 5.92 Å². The summed E-state index contributed by atoms with van der Waals surface area (Å²) in [6.07, 6.45) is 5.46. The van der Waals surface area contributed by atoms with Crippen LogP contribution in [0.1, 0.15) is 43.7 Å². The third-order valence-electron chi connectivity index (χ3n) is 4.62. The lowest BCUT2D eigenvalue weighted by Gasteiger charge is -2.48. The number of piperidine rings is 1. The van der Waals surface area contributed by atoms with Crippen LogP contribution in [0.2, 0.25) is 0 Å². The van der Waals surface area contributed by atoms with Gasteiger partial charge in [-0.1, -0.05) is 40.9 Å². The molecule has 1 aromatic rings. The van der Waals surface area contributed by atoms with Crippen LogP contribution in [0.5, 0.6) is 0 Å². The second-order valence-corrected chi connectivity index (χ2v) is 6.60. The summed E-state index contributed by atoms with van der Waals surface area (Å²) in [6, 6.07) is 8.84. The number of fused-ring (bicyclic) bond motifs is 1. The van der Waals surface area contributed by atoms with Gasteiger partial charge in [-0.05, 0) is 43.5 Å². The maximum absolute atomic E-state index is 10.8. The van der Waals surface area contributed by atoms with Gasteiger partial charge in [-0.3, -0.25) is 0 Å². The van der Waals surface area contributed by atoms with Crippen molar-refractivity contribution < 1.29 is 5.11 Å². The van der Waals surface area contributed by atoms with Crippen molar-refractivity contribution in [1.82, 2.24) is 5.32 Å². The first kappa shape index (κ1) is 12.6. The van der Waals surface area contributed by atoms with Crippen molar-refractivity contribution in [3.05, 3.63) is 34.3 Å². The summed E-state index contributed by atoms with van der Waals surface area (Å²) >= 11 is 3.48. The molecule has 98 valence electrons. The number of rotatable bonds is 1. The zero-order valence-corrected chi connectivity index (χ0v) is 12.1. The SMILES string of the molecule is O[C@@]12CCCC[C@H]1[C@H](c1ccc(Br)cc1)NCC2. The van der Waals surface area contributed by atoms with E-state index in [-0.39, 0.29) is 0 Å². The lowest BCUT2D eigenvalue weighted by Crippen LogP contribution is -2.53. The maximum Gasteiger partial charge on any atom is 0.0706 e. The van der Waals surface area contributed by atoms with E-state index in [4.69, 9.17) is 0 Å². The normalized spacial score (nSPS) is 36.1. The number of nitrogens with one attached hydrogen (secondary N) is 1. The van der Waals surface area contributed by atoms with E-state index in [1.54, 1.807) is 0 Å². The maximum atomic E-state index is 10.8. The van der Waals surface area contributed by atoms with Gasteiger partial charge in [0.2, 0.25) is 0 Å². The van der Waals surface area contributed by atoms with Crippen molar-refractivity contribution >= 4 is 15.9 Å². The lowest BCUT2D eigenvalue weighted by atomic mass is 9.67. The minimum atomic E-state index is -0.429. The third kappa shape index (κ3) is 2.24. The Morgan fingerprint density at radius 3 is 2.72 bits per heavy atom. The van der Waals surface area contributed by atoms with Crippen LogP contribution in [0.4, 0.5) is 0 Å². The van der Waals surface area contributed by atoms with Gasteiger partial charge in [0.1, 0.15) is 0 Å². The summed E-state index contributed by atoms with van der Waals surface area (Å²) in [5.41, 5.74) is 0.879. The van der Waals surface area contributed by atoms with E-state index in [0.717, 1.165) is 30.3 Å². The Kier molecular flexibility index (Phi) is 3.48. The summed E-state index contributed by atoms with van der Waals surface area (Å²) in [5.74, 6) is 0.376. The Bertz CT molecular complexity index is 415. The molecular formula is C15H20BrNO. The Balaban J connectivity index is 1.88. The van der Waals surface area contributed by atoms with E-state index in [1.165, 1.54) is 18.4 Å². The molecule has 2 N–H and O–H groups in total. The Hall–Kier alpha value is -0.380. The molecule has 2 fully saturated rings. The predicted molar refractivity (Wildman–Crippen MR) is 76.4 cm³/mol. The standard InChI is InChI=1S/C15H20BrNO/c16-12-6-4-11(5-7-12)14-13-3-1-2-8-15(13,18)9-10-17-14/h4-7,13-14,17-18H,1-3,8-10H2/t13-,14-,15+/m0/s1. The molecule has 1 aliphatic carbocycles. The van der Waals surface area contributed by atoms with Crippen molar-refractivity contribution in [3.8, 4) is 0 Å². The Morgan fingerprint density at radius 1 is 1.17 bits per heavy atom. The van der Waals surface area contributed by atoms with E-state index in [2.05, 4.69) is 45.5 Å². The molecule has 0 spiro atoms. The molecule has 1 heterocycles. The van der Waals surface area contributed by atoms with Gasteiger partial charge in [-0.15, -0.1) is 0 Å². The first-order chi connectivity index (χ1) is 8.69. The molecule has 2 nitrogen and oxygen atoms in total. The zero-order chi connectivity index (χ0) is 12.6. The fraction of sp³-hybridized carbons (Fsp3) is 0.600. The van der Waals surface area contributed by atoms with E-state index in [1.807, 2.05) is 0 Å². The zero-order valence-electron chi connectivity index (χ0n) is 10.5. The number of aliphatic hydroxyl groups is 1. The first-order valence-electron chi connectivity index (χ1n) is 6.90. The molecule has 1 aliphatic heterocycles. The van der Waals surface area contributed by atoms with Gasteiger partial charge in [-0.25, -0.2) is 0 Å². The van der Waals surface area contributed by atoms with Crippen LogP contribution in [0.15, 0.2) is 28.7 Å². The van der Waals surface area contributed by atoms with Gasteiger partial charge >= 0.3 is 0 Å². The van der Waals surface area contributed by atoms with Crippen LogP contribution >= 0.6 is 15.9 Å². The number of halogens is 1. The van der Waals surface area contributed by atoms with E-state index < -0.39 is 5.60 Å². The predicted octanol–water partition coefficient (Wildman–Crippen LogP) is 3.40. The molecule has 1 aromatic carbocycles. The van der Waals surface area contributed by atoms with Crippen LogP contribution in [-0.2, 0) is 0 Å². The highest BCUT2D eigenvalue weighted by molar-refractivity contribution is 9.10. The molecule has 1 saturated carbocycles. The summed E-state index contributed by atoms with van der Waals surface area (Å²) in [7, 11) is 0. The van der Waals surface area contributed by atoms with Gasteiger partial charge in [0.25, 0.3) is 0 Å². The highest BCUT2D eigenvalue weighted by atomic mass is 79.9. The molecule has 3 heteroatoms. The van der Waals surface area contributed by atoms with Gasteiger partial charge in [0.15, 0.2) is 0 Å². The quantitative estimate of drug-likeness (QED) is 0.833. The Morgan fingerprint density at radius 2 is 1.94 bits per heavy atom. The van der Waals surface area contributed by atoms with Crippen molar-refractivity contribution in [2.24, 2.45) is 5.92 Å². The van der Waals surface area contributed by atoms with Crippen LogP contribution in [-0.4, -0.2) is 17.3 Å². The summed E-state index contributed by atoms with van der Waals surface area (Å²) in [4.78, 5) is 0. The van der Waals surface area contributed by atoms with Gasteiger partial charge in [0, 0.05) is 16.4 Å². The van der Waals surface area contributed by atoms with Gasteiger partial charge in [0.05, 0.1) is 5.60 Å². The molecule has 3 atom stereocenters. The molecule has 0 unspecified atom stereocenters. The first-order valence-corrected chi connectivity index (χ1v) is 7.70. The minimum absolute atomic E-state index is 0.317. The van der Waals surface area contributed by atoms with E-state index in [0.29, 0.717) is 12.0 Å². The Labute approximate surface area is 117 Å². The smallest absolute Gasteiger partial charge is 0.0706 e.